The maximum atomic E-state index is 5.77. The molecule has 116 valence electrons. The zero-order chi connectivity index (χ0) is 14.5. The summed E-state index contributed by atoms with van der Waals surface area (Å²) in [7, 11) is 2.11. The molecule has 0 saturated carbocycles. The van der Waals surface area contributed by atoms with Crippen LogP contribution in [0.15, 0.2) is 30.3 Å². The molecular weight excluding hydrogens is 262 g/mol. The molecule has 21 heavy (non-hydrogen) atoms. The maximum absolute atomic E-state index is 5.77. The molecule has 2 aliphatic heterocycles. The van der Waals surface area contributed by atoms with Gasteiger partial charge in [-0.05, 0) is 44.2 Å². The van der Waals surface area contributed by atoms with Crippen molar-refractivity contribution in [2.75, 3.05) is 33.5 Å². The van der Waals surface area contributed by atoms with Crippen LogP contribution in [0.3, 0.4) is 0 Å². The van der Waals surface area contributed by atoms with Crippen LogP contribution in [0.1, 0.15) is 31.2 Å². The minimum absolute atomic E-state index is 0.180. The van der Waals surface area contributed by atoms with Crippen molar-refractivity contribution >= 4 is 0 Å². The van der Waals surface area contributed by atoms with Gasteiger partial charge < -0.3 is 14.8 Å². The van der Waals surface area contributed by atoms with E-state index in [4.69, 9.17) is 9.47 Å². The average Bonchev–Trinajstić information content (AvgIpc) is 2.58. The van der Waals surface area contributed by atoms with Gasteiger partial charge in [0.15, 0.2) is 0 Å². The molecule has 2 heterocycles. The summed E-state index contributed by atoms with van der Waals surface area (Å²) in [6, 6.07) is 11.5. The molecule has 0 aromatic heterocycles. The van der Waals surface area contributed by atoms with Crippen LogP contribution in [-0.4, -0.2) is 39.5 Å². The summed E-state index contributed by atoms with van der Waals surface area (Å²) in [4.78, 5) is 0. The number of hydrogen-bond donors (Lipinski definition) is 1. The number of hydrogen-bond acceptors (Lipinski definition) is 3. The van der Waals surface area contributed by atoms with Crippen LogP contribution < -0.4 is 5.32 Å². The predicted molar refractivity (Wildman–Crippen MR) is 84.6 cm³/mol. The zero-order valence-corrected chi connectivity index (χ0v) is 13.0. The largest absolute Gasteiger partial charge is 0.381 e. The molecule has 2 atom stereocenters. The van der Waals surface area contributed by atoms with Crippen molar-refractivity contribution in [3.8, 4) is 0 Å². The van der Waals surface area contributed by atoms with Crippen LogP contribution in [0.2, 0.25) is 0 Å². The first-order valence-corrected chi connectivity index (χ1v) is 8.25. The lowest BCUT2D eigenvalue weighted by atomic mass is 9.64. The highest BCUT2D eigenvalue weighted by molar-refractivity contribution is 5.29. The van der Waals surface area contributed by atoms with E-state index >= 15 is 0 Å². The van der Waals surface area contributed by atoms with E-state index in [-0.39, 0.29) is 5.41 Å². The van der Waals surface area contributed by atoms with E-state index in [0.29, 0.717) is 12.0 Å². The molecule has 2 unspecified atom stereocenters. The lowest BCUT2D eigenvalue weighted by Crippen LogP contribution is -2.55. The van der Waals surface area contributed by atoms with E-state index in [1.807, 2.05) is 0 Å². The highest BCUT2D eigenvalue weighted by Crippen LogP contribution is 2.42. The second-order valence-corrected chi connectivity index (χ2v) is 6.38. The fourth-order valence-electron chi connectivity index (χ4n) is 4.28. The van der Waals surface area contributed by atoms with Crippen LogP contribution in [0.4, 0.5) is 0 Å². The van der Waals surface area contributed by atoms with Crippen molar-refractivity contribution in [2.24, 2.45) is 5.92 Å². The minimum Gasteiger partial charge on any atom is -0.381 e. The lowest BCUT2D eigenvalue weighted by Gasteiger charge is -2.48. The molecule has 2 fully saturated rings. The van der Waals surface area contributed by atoms with Crippen molar-refractivity contribution < 1.29 is 9.47 Å². The van der Waals surface area contributed by atoms with Gasteiger partial charge in [0.05, 0.1) is 6.61 Å². The standard InChI is InChI=1S/C18H27NO2/c1-19-17(15-6-5-11-21-14-15)18(9-12-20-13-10-18)16-7-3-2-4-8-16/h2-4,7-8,15,17,19H,5-6,9-14H2,1H3. The second-order valence-electron chi connectivity index (χ2n) is 6.38. The third-order valence-electron chi connectivity index (χ3n) is 5.31. The van der Waals surface area contributed by atoms with Crippen LogP contribution in [0.25, 0.3) is 0 Å². The van der Waals surface area contributed by atoms with Crippen molar-refractivity contribution in [3.05, 3.63) is 35.9 Å². The molecule has 1 aromatic carbocycles. The van der Waals surface area contributed by atoms with Crippen molar-refractivity contribution in [1.82, 2.24) is 5.32 Å². The van der Waals surface area contributed by atoms with Crippen molar-refractivity contribution in [2.45, 2.75) is 37.1 Å². The fourth-order valence-corrected chi connectivity index (χ4v) is 4.28. The van der Waals surface area contributed by atoms with Gasteiger partial charge in [0, 0.05) is 31.3 Å². The Labute approximate surface area is 128 Å². The van der Waals surface area contributed by atoms with E-state index < -0.39 is 0 Å². The molecule has 1 aromatic rings. The highest BCUT2D eigenvalue weighted by Gasteiger charge is 2.44. The van der Waals surface area contributed by atoms with E-state index in [9.17, 15) is 0 Å². The van der Waals surface area contributed by atoms with E-state index in [0.717, 1.165) is 39.3 Å². The number of likely N-dealkylation sites (N-methyl/N-ethyl adjacent to an activating group) is 1. The molecule has 2 saturated heterocycles. The molecule has 0 bridgehead atoms. The van der Waals surface area contributed by atoms with Gasteiger partial charge in [-0.25, -0.2) is 0 Å². The first-order chi connectivity index (χ1) is 10.4. The third-order valence-corrected chi connectivity index (χ3v) is 5.31. The van der Waals surface area contributed by atoms with Gasteiger partial charge in [0.2, 0.25) is 0 Å². The van der Waals surface area contributed by atoms with Gasteiger partial charge >= 0.3 is 0 Å². The Morgan fingerprint density at radius 2 is 1.86 bits per heavy atom. The summed E-state index contributed by atoms with van der Waals surface area (Å²) in [5, 5.41) is 3.65. The summed E-state index contributed by atoms with van der Waals surface area (Å²) in [5.74, 6) is 0.599. The van der Waals surface area contributed by atoms with Gasteiger partial charge in [0.1, 0.15) is 0 Å². The van der Waals surface area contributed by atoms with Crippen LogP contribution in [-0.2, 0) is 14.9 Å². The smallest absolute Gasteiger partial charge is 0.0509 e. The summed E-state index contributed by atoms with van der Waals surface area (Å²) in [6.45, 7) is 3.54. The molecule has 3 heteroatoms. The molecule has 2 aliphatic rings. The van der Waals surface area contributed by atoms with Gasteiger partial charge in [-0.15, -0.1) is 0 Å². The van der Waals surface area contributed by atoms with Crippen LogP contribution in [0.5, 0.6) is 0 Å². The normalized spacial score (nSPS) is 27.2. The van der Waals surface area contributed by atoms with Gasteiger partial charge in [-0.3, -0.25) is 0 Å². The molecular formula is C18H27NO2. The molecule has 0 aliphatic carbocycles. The van der Waals surface area contributed by atoms with Crippen molar-refractivity contribution in [1.29, 1.82) is 0 Å². The Bertz CT molecular complexity index is 422. The topological polar surface area (TPSA) is 30.5 Å². The Hall–Kier alpha value is -0.900. The number of ether oxygens (including phenoxy) is 2. The Kier molecular flexibility index (Phi) is 4.94. The van der Waals surface area contributed by atoms with Gasteiger partial charge in [-0.1, -0.05) is 30.3 Å². The SMILES string of the molecule is CNC(C1CCCOC1)C1(c2ccccc2)CCOCC1. The summed E-state index contributed by atoms with van der Waals surface area (Å²) in [5.41, 5.74) is 1.64. The second kappa shape index (κ2) is 6.91. The fraction of sp³-hybridized carbons (Fsp3) is 0.667. The summed E-state index contributed by atoms with van der Waals surface area (Å²) >= 11 is 0. The van der Waals surface area contributed by atoms with Gasteiger partial charge in [-0.2, -0.15) is 0 Å². The first kappa shape index (κ1) is 15.0. The molecule has 0 radical (unpaired) electrons. The number of nitrogens with one attached hydrogen (secondary N) is 1. The Morgan fingerprint density at radius 3 is 2.48 bits per heavy atom. The van der Waals surface area contributed by atoms with E-state index in [1.54, 1.807) is 0 Å². The predicted octanol–water partition coefficient (Wildman–Crippen LogP) is 2.75. The highest BCUT2D eigenvalue weighted by atomic mass is 16.5. The maximum Gasteiger partial charge on any atom is 0.0509 e. The summed E-state index contributed by atoms with van der Waals surface area (Å²) in [6.07, 6.45) is 4.64. The lowest BCUT2D eigenvalue weighted by molar-refractivity contribution is -0.0107. The first-order valence-electron chi connectivity index (χ1n) is 8.25. The molecule has 0 amide bonds. The molecule has 1 N–H and O–H groups in total. The zero-order valence-electron chi connectivity index (χ0n) is 13.0. The summed E-state index contributed by atoms with van der Waals surface area (Å²) < 4.78 is 11.4. The molecule has 3 rings (SSSR count). The Balaban J connectivity index is 1.93. The van der Waals surface area contributed by atoms with E-state index in [1.165, 1.54) is 18.4 Å². The van der Waals surface area contributed by atoms with Gasteiger partial charge in [0.25, 0.3) is 0 Å². The van der Waals surface area contributed by atoms with Crippen molar-refractivity contribution in [3.63, 3.8) is 0 Å². The minimum atomic E-state index is 0.180. The van der Waals surface area contributed by atoms with Crippen LogP contribution in [0, 0.1) is 5.92 Å². The monoisotopic (exact) mass is 289 g/mol. The molecule has 3 nitrogen and oxygen atoms in total. The average molecular weight is 289 g/mol. The third kappa shape index (κ3) is 3.01. The Morgan fingerprint density at radius 1 is 1.10 bits per heavy atom. The van der Waals surface area contributed by atoms with E-state index in [2.05, 4.69) is 42.7 Å². The quantitative estimate of drug-likeness (QED) is 0.924. The molecule has 0 spiro atoms. The number of rotatable bonds is 4. The van der Waals surface area contributed by atoms with Crippen LogP contribution >= 0.6 is 0 Å². The number of benzene rings is 1.